The van der Waals surface area contributed by atoms with Crippen molar-refractivity contribution in [3.05, 3.63) is 182 Å². The summed E-state index contributed by atoms with van der Waals surface area (Å²) in [5, 5.41) is 3.62. The molecular formula is C44H28N4O2Pt2-6. The normalized spacial score (nSPS) is 9.77. The summed E-state index contributed by atoms with van der Waals surface area (Å²) in [5.74, 6) is 2.13. The van der Waals surface area contributed by atoms with Crippen molar-refractivity contribution >= 4 is 21.5 Å². The van der Waals surface area contributed by atoms with Crippen molar-refractivity contribution in [3.63, 3.8) is 0 Å². The van der Waals surface area contributed by atoms with Gasteiger partial charge in [-0.3, -0.25) is 6.07 Å². The SMILES string of the molecule is Cc1ccc2[c-]c(-c3[c-]c(Oc4ccccn4)c4cc(C)ccc4[c-]3)[c-]c(Oc3ccccn3)c2c1.[C-]#Cn1cccc1.[C-]#Cn1cccc1.[Pt].[Pt]. The Morgan fingerprint density at radius 2 is 0.942 bits per heavy atom. The fraction of sp³-hybridized carbons (Fsp3) is 0.0455. The Morgan fingerprint density at radius 1 is 0.538 bits per heavy atom. The summed E-state index contributed by atoms with van der Waals surface area (Å²) in [6.07, 6.45) is 23.6. The average Bonchev–Trinajstić information content (AvgIpc) is 3.89. The zero-order valence-corrected chi connectivity index (χ0v) is 32.5. The number of aryl methyl sites for hydroxylation is 2. The van der Waals surface area contributed by atoms with Crippen LogP contribution in [0.1, 0.15) is 11.1 Å². The molecule has 0 spiro atoms. The quantitative estimate of drug-likeness (QED) is 0.127. The number of ether oxygens (including phenoxy) is 2. The molecule has 4 aromatic heterocycles. The molecule has 0 aliphatic rings. The molecule has 4 heterocycles. The van der Waals surface area contributed by atoms with Crippen molar-refractivity contribution in [2.45, 2.75) is 13.8 Å². The zero-order chi connectivity index (χ0) is 34.7. The van der Waals surface area contributed by atoms with E-state index in [4.69, 9.17) is 22.3 Å². The van der Waals surface area contributed by atoms with Gasteiger partial charge in [0, 0.05) is 91.4 Å². The maximum Gasteiger partial charge on any atom is 0.216 e. The molecule has 52 heavy (non-hydrogen) atoms. The number of aromatic nitrogens is 4. The van der Waals surface area contributed by atoms with Crippen molar-refractivity contribution in [3.8, 4) is 46.5 Å². The van der Waals surface area contributed by atoms with Crippen LogP contribution >= 0.6 is 0 Å². The van der Waals surface area contributed by atoms with Crippen LogP contribution in [0.5, 0.6) is 23.3 Å². The van der Waals surface area contributed by atoms with Crippen molar-refractivity contribution < 1.29 is 51.6 Å². The Kier molecular flexibility index (Phi) is 14.4. The van der Waals surface area contributed by atoms with E-state index in [1.165, 1.54) is 0 Å². The topological polar surface area (TPSA) is 54.1 Å². The van der Waals surface area contributed by atoms with Crippen LogP contribution in [0.4, 0.5) is 0 Å². The van der Waals surface area contributed by atoms with Gasteiger partial charge in [-0.25, -0.2) is 32.8 Å². The molecule has 4 aromatic carbocycles. The van der Waals surface area contributed by atoms with E-state index < -0.39 is 0 Å². The van der Waals surface area contributed by atoms with Crippen molar-refractivity contribution in [1.82, 2.24) is 19.1 Å². The smallest absolute Gasteiger partial charge is 0.216 e. The van der Waals surface area contributed by atoms with Gasteiger partial charge in [-0.15, -0.1) is 29.0 Å². The summed E-state index contributed by atoms with van der Waals surface area (Å²) in [6.45, 7) is 4.10. The summed E-state index contributed by atoms with van der Waals surface area (Å²) in [5.41, 5.74) is 3.58. The molecule has 8 aromatic rings. The van der Waals surface area contributed by atoms with E-state index in [0.717, 1.165) is 32.7 Å². The summed E-state index contributed by atoms with van der Waals surface area (Å²) >= 11 is 0. The number of hydrogen-bond acceptors (Lipinski definition) is 4. The monoisotopic (exact) mass is 1030 g/mol. The summed E-state index contributed by atoms with van der Waals surface area (Å²) in [7, 11) is 0. The van der Waals surface area contributed by atoms with Crippen molar-refractivity contribution in [1.29, 1.82) is 0 Å². The van der Waals surface area contributed by atoms with Crippen LogP contribution in [0.25, 0.3) is 32.7 Å². The molecular weight excluding hydrogens is 1010 g/mol. The Labute approximate surface area is 333 Å². The van der Waals surface area contributed by atoms with Gasteiger partial charge in [-0.1, -0.05) is 35.4 Å². The summed E-state index contributed by atoms with van der Waals surface area (Å²) in [4.78, 5) is 8.64. The Hall–Kier alpha value is -5.64. The van der Waals surface area contributed by atoms with Gasteiger partial charge in [-0.2, -0.15) is 6.07 Å². The van der Waals surface area contributed by atoms with Gasteiger partial charge >= 0.3 is 0 Å². The Balaban J connectivity index is 0.000000316. The van der Waals surface area contributed by atoms with Crippen LogP contribution in [-0.4, -0.2) is 19.1 Å². The van der Waals surface area contributed by atoms with E-state index in [9.17, 15) is 0 Å². The van der Waals surface area contributed by atoms with Gasteiger partial charge in [0.2, 0.25) is 11.8 Å². The minimum atomic E-state index is 0. The number of pyridine rings is 2. The molecule has 0 saturated carbocycles. The Bertz CT molecular complexity index is 2240. The van der Waals surface area contributed by atoms with Gasteiger partial charge in [-0.05, 0) is 61.7 Å². The molecule has 0 radical (unpaired) electrons. The number of benzene rings is 4. The number of nitrogens with zero attached hydrogens (tertiary/aromatic N) is 4. The zero-order valence-electron chi connectivity index (χ0n) is 27.9. The first-order valence-electron chi connectivity index (χ1n) is 15.6. The van der Waals surface area contributed by atoms with Gasteiger partial charge < -0.3 is 60.8 Å². The van der Waals surface area contributed by atoms with Crippen LogP contribution < -0.4 is 9.47 Å². The average molecular weight is 1030 g/mol. The van der Waals surface area contributed by atoms with Crippen LogP contribution in [0.3, 0.4) is 0 Å². The maximum absolute atomic E-state index is 6.57. The second-order valence-electron chi connectivity index (χ2n) is 11.0. The van der Waals surface area contributed by atoms with E-state index in [0.29, 0.717) is 34.4 Å². The van der Waals surface area contributed by atoms with E-state index in [-0.39, 0.29) is 42.1 Å². The molecule has 0 bridgehead atoms. The van der Waals surface area contributed by atoms with Gasteiger partial charge in [0.25, 0.3) is 0 Å². The third kappa shape index (κ3) is 10.2. The van der Waals surface area contributed by atoms with Gasteiger partial charge in [0.15, 0.2) is 0 Å². The number of hydrogen-bond donors (Lipinski definition) is 0. The van der Waals surface area contributed by atoms with Crippen molar-refractivity contribution in [2.75, 3.05) is 0 Å². The fourth-order valence-electron chi connectivity index (χ4n) is 4.86. The summed E-state index contributed by atoms with van der Waals surface area (Å²) in [6, 6.07) is 48.9. The predicted octanol–water partition coefficient (Wildman–Crippen LogP) is 9.61. The van der Waals surface area contributed by atoms with Crippen LogP contribution in [0.15, 0.2) is 134 Å². The van der Waals surface area contributed by atoms with Gasteiger partial charge in [0.05, 0.1) is 0 Å². The van der Waals surface area contributed by atoms with E-state index >= 15 is 0 Å². The standard InChI is InChI=1S/C32H20N2O2.2C6H4N.2Pt/c1-21-9-11-23-17-25(19-29(27(23)15-21)35-31-7-3-5-13-33-31)26-18-24-12-10-22(2)16-28(24)30(20-26)36-32-8-4-6-14-34-32;2*1-2-7-5-3-4-6-7;;/h3-16H,1-2H3;2*3-6H;;/q-4;2*-1;;. The van der Waals surface area contributed by atoms with Crippen LogP contribution in [0.2, 0.25) is 0 Å². The second kappa shape index (κ2) is 19.1. The van der Waals surface area contributed by atoms with Crippen LogP contribution in [-0.2, 0) is 42.1 Å². The molecule has 8 heteroatoms. The minimum Gasteiger partial charge on any atom is -0.669 e. The Morgan fingerprint density at radius 3 is 1.27 bits per heavy atom. The molecule has 0 atom stereocenters. The largest absolute Gasteiger partial charge is 0.669 e. The molecule has 8 rings (SSSR count). The van der Waals surface area contributed by atoms with Crippen molar-refractivity contribution in [2.24, 2.45) is 0 Å². The molecule has 0 fully saturated rings. The molecule has 0 aliphatic heterocycles. The molecule has 0 amide bonds. The fourth-order valence-corrected chi connectivity index (χ4v) is 4.86. The molecule has 0 N–H and O–H groups in total. The second-order valence-corrected chi connectivity index (χ2v) is 11.0. The first-order chi connectivity index (χ1) is 24.5. The number of fused-ring (bicyclic) bond motifs is 2. The summed E-state index contributed by atoms with van der Waals surface area (Å²) < 4.78 is 15.4. The molecule has 0 aliphatic carbocycles. The van der Waals surface area contributed by atoms with E-state index in [2.05, 4.69) is 70.6 Å². The molecule has 6 nitrogen and oxygen atoms in total. The third-order valence-electron chi connectivity index (χ3n) is 7.24. The maximum atomic E-state index is 6.57. The van der Waals surface area contributed by atoms with Crippen LogP contribution in [0, 0.1) is 63.0 Å². The van der Waals surface area contributed by atoms with E-state index in [1.807, 2.05) is 86.6 Å². The van der Waals surface area contributed by atoms with E-state index in [1.54, 1.807) is 46.3 Å². The minimum absolute atomic E-state index is 0. The predicted molar refractivity (Wildman–Crippen MR) is 194 cm³/mol. The molecule has 0 unspecified atom stereocenters. The van der Waals surface area contributed by atoms with Gasteiger partial charge in [0.1, 0.15) is 0 Å². The molecule has 0 saturated heterocycles. The first kappa shape index (κ1) is 39.1. The third-order valence-corrected chi connectivity index (χ3v) is 7.24. The molecule has 262 valence electrons. The number of rotatable bonds is 5. The first-order valence-corrected chi connectivity index (χ1v) is 15.6.